The van der Waals surface area contributed by atoms with Crippen LogP contribution < -0.4 is 5.73 Å². The van der Waals surface area contributed by atoms with Crippen molar-refractivity contribution in [3.63, 3.8) is 0 Å². The minimum absolute atomic E-state index is 0.606. The number of nitrogen functional groups attached to an aromatic ring is 1. The number of aromatic amines is 1. The number of nitrogens with one attached hydrogen (secondary N) is 1. The lowest BCUT2D eigenvalue weighted by Crippen LogP contribution is -1.93. The zero-order chi connectivity index (χ0) is 13.8. The van der Waals surface area contributed by atoms with Crippen LogP contribution in [0.15, 0.2) is 18.2 Å². The molecule has 3 nitrogen and oxygen atoms in total. The molecule has 0 spiro atoms. The largest absolute Gasteiger partial charge is 0.382 e. The number of aryl methyl sites for hydroxylation is 3. The Bertz CT molecular complexity index is 555. The highest BCUT2D eigenvalue weighted by Gasteiger charge is 2.13. The van der Waals surface area contributed by atoms with Gasteiger partial charge in [0, 0.05) is 11.3 Å². The summed E-state index contributed by atoms with van der Waals surface area (Å²) in [6, 6.07) is 6.47. The second-order valence-electron chi connectivity index (χ2n) is 5.22. The molecule has 2 aromatic rings. The van der Waals surface area contributed by atoms with Crippen molar-refractivity contribution in [2.75, 3.05) is 5.73 Å². The normalized spacial score (nSPS) is 10.9. The van der Waals surface area contributed by atoms with Gasteiger partial charge in [0.1, 0.15) is 0 Å². The highest BCUT2D eigenvalue weighted by atomic mass is 15.2. The molecule has 0 amide bonds. The molecule has 0 aliphatic heterocycles. The molecule has 3 N–H and O–H groups in total. The van der Waals surface area contributed by atoms with E-state index in [9.17, 15) is 0 Å². The fourth-order valence-electron chi connectivity index (χ4n) is 2.35. The van der Waals surface area contributed by atoms with Crippen LogP contribution in [0.25, 0.3) is 11.1 Å². The Balaban J connectivity index is 2.32. The van der Waals surface area contributed by atoms with Gasteiger partial charge in [-0.05, 0) is 43.4 Å². The summed E-state index contributed by atoms with van der Waals surface area (Å²) in [4.78, 5) is 0. The van der Waals surface area contributed by atoms with Gasteiger partial charge in [-0.15, -0.1) is 0 Å². The predicted octanol–water partition coefficient (Wildman–Crippen LogP) is 4.01. The maximum atomic E-state index is 6.02. The zero-order valence-electron chi connectivity index (χ0n) is 12.1. The van der Waals surface area contributed by atoms with Gasteiger partial charge in [0.25, 0.3) is 0 Å². The standard InChI is InChI=1S/C16H23N3/c1-4-5-6-7-14-15(16(17)19-18-14)13-9-8-11(2)12(3)10-13/h8-10H,4-7H2,1-3H3,(H3,17,18,19). The summed E-state index contributed by atoms with van der Waals surface area (Å²) in [6.45, 7) is 6.47. The van der Waals surface area contributed by atoms with Crippen LogP contribution in [-0.2, 0) is 6.42 Å². The first kappa shape index (κ1) is 13.7. The highest BCUT2D eigenvalue weighted by molar-refractivity contribution is 5.76. The molecule has 0 saturated carbocycles. The lowest BCUT2D eigenvalue weighted by molar-refractivity contribution is 0.706. The molecule has 0 aliphatic rings. The highest BCUT2D eigenvalue weighted by Crippen LogP contribution is 2.30. The third-order valence-electron chi connectivity index (χ3n) is 3.70. The summed E-state index contributed by atoms with van der Waals surface area (Å²) >= 11 is 0. The number of nitrogens with zero attached hydrogens (tertiary/aromatic N) is 1. The number of H-pyrrole nitrogens is 1. The van der Waals surface area contributed by atoms with Crippen LogP contribution in [0.3, 0.4) is 0 Å². The van der Waals surface area contributed by atoms with Crippen LogP contribution in [0.5, 0.6) is 0 Å². The van der Waals surface area contributed by atoms with Crippen molar-refractivity contribution in [1.29, 1.82) is 0 Å². The molecular weight excluding hydrogens is 234 g/mol. The maximum absolute atomic E-state index is 6.02. The van der Waals surface area contributed by atoms with Crippen molar-refractivity contribution >= 4 is 5.82 Å². The third kappa shape index (κ3) is 2.98. The number of hydrogen-bond donors (Lipinski definition) is 2. The van der Waals surface area contributed by atoms with Gasteiger partial charge in [-0.2, -0.15) is 5.10 Å². The number of rotatable bonds is 5. The Hall–Kier alpha value is -1.77. The van der Waals surface area contributed by atoms with Crippen molar-refractivity contribution in [1.82, 2.24) is 10.2 Å². The van der Waals surface area contributed by atoms with E-state index in [1.165, 1.54) is 36.0 Å². The van der Waals surface area contributed by atoms with E-state index in [1.807, 2.05) is 0 Å². The lowest BCUT2D eigenvalue weighted by Gasteiger charge is -2.07. The second-order valence-corrected chi connectivity index (χ2v) is 5.22. The van der Waals surface area contributed by atoms with Gasteiger partial charge in [-0.1, -0.05) is 38.0 Å². The van der Waals surface area contributed by atoms with Crippen molar-refractivity contribution < 1.29 is 0 Å². The SMILES string of the molecule is CCCCCc1[nH]nc(N)c1-c1ccc(C)c(C)c1. The number of hydrogen-bond acceptors (Lipinski definition) is 2. The van der Waals surface area contributed by atoms with E-state index in [-0.39, 0.29) is 0 Å². The fraction of sp³-hybridized carbons (Fsp3) is 0.438. The molecule has 0 bridgehead atoms. The minimum Gasteiger partial charge on any atom is -0.382 e. The Morgan fingerprint density at radius 3 is 2.63 bits per heavy atom. The molecule has 1 aromatic heterocycles. The predicted molar refractivity (Wildman–Crippen MR) is 81.1 cm³/mol. The van der Waals surface area contributed by atoms with Crippen LogP contribution in [0.2, 0.25) is 0 Å². The Labute approximate surface area is 115 Å². The second kappa shape index (κ2) is 5.91. The first-order valence-corrected chi connectivity index (χ1v) is 7.03. The molecule has 0 radical (unpaired) electrons. The van der Waals surface area contributed by atoms with Crippen LogP contribution in [0, 0.1) is 13.8 Å². The number of nitrogens with two attached hydrogens (primary N) is 1. The fourth-order valence-corrected chi connectivity index (χ4v) is 2.35. The van der Waals surface area contributed by atoms with Gasteiger partial charge in [0.2, 0.25) is 0 Å². The Morgan fingerprint density at radius 2 is 1.95 bits per heavy atom. The van der Waals surface area contributed by atoms with E-state index >= 15 is 0 Å². The summed E-state index contributed by atoms with van der Waals surface area (Å²) in [5.41, 5.74) is 12.0. The number of anilines is 1. The molecular formula is C16H23N3. The van der Waals surface area contributed by atoms with Crippen molar-refractivity contribution in [2.24, 2.45) is 0 Å². The smallest absolute Gasteiger partial charge is 0.153 e. The summed E-state index contributed by atoms with van der Waals surface area (Å²) in [6.07, 6.45) is 4.66. The number of benzene rings is 1. The average molecular weight is 257 g/mol. The van der Waals surface area contributed by atoms with Crippen molar-refractivity contribution in [3.8, 4) is 11.1 Å². The van der Waals surface area contributed by atoms with Gasteiger partial charge in [-0.3, -0.25) is 5.10 Å². The van der Waals surface area contributed by atoms with E-state index < -0.39 is 0 Å². The van der Waals surface area contributed by atoms with Crippen molar-refractivity contribution in [2.45, 2.75) is 46.5 Å². The van der Waals surface area contributed by atoms with E-state index in [1.54, 1.807) is 0 Å². The molecule has 2 rings (SSSR count). The molecule has 1 aromatic carbocycles. The molecule has 102 valence electrons. The van der Waals surface area contributed by atoms with E-state index in [2.05, 4.69) is 49.2 Å². The average Bonchev–Trinajstić information content (AvgIpc) is 2.75. The van der Waals surface area contributed by atoms with E-state index in [0.717, 1.165) is 17.7 Å². The van der Waals surface area contributed by atoms with Crippen LogP contribution >= 0.6 is 0 Å². The molecule has 19 heavy (non-hydrogen) atoms. The maximum Gasteiger partial charge on any atom is 0.153 e. The number of aromatic nitrogens is 2. The Kier molecular flexibility index (Phi) is 4.25. The van der Waals surface area contributed by atoms with Gasteiger partial charge in [-0.25, -0.2) is 0 Å². The molecule has 3 heteroatoms. The molecule has 0 fully saturated rings. The van der Waals surface area contributed by atoms with E-state index in [0.29, 0.717) is 5.82 Å². The molecule has 0 unspecified atom stereocenters. The first-order valence-electron chi connectivity index (χ1n) is 7.03. The summed E-state index contributed by atoms with van der Waals surface area (Å²) in [5.74, 6) is 0.606. The quantitative estimate of drug-likeness (QED) is 0.795. The van der Waals surface area contributed by atoms with Gasteiger partial charge < -0.3 is 5.73 Å². The topological polar surface area (TPSA) is 54.7 Å². The zero-order valence-corrected chi connectivity index (χ0v) is 12.1. The first-order chi connectivity index (χ1) is 9.13. The Morgan fingerprint density at radius 1 is 1.16 bits per heavy atom. The van der Waals surface area contributed by atoms with Gasteiger partial charge >= 0.3 is 0 Å². The monoisotopic (exact) mass is 257 g/mol. The van der Waals surface area contributed by atoms with Crippen molar-refractivity contribution in [3.05, 3.63) is 35.0 Å². The summed E-state index contributed by atoms with van der Waals surface area (Å²) in [5, 5.41) is 7.27. The van der Waals surface area contributed by atoms with Crippen LogP contribution in [0.4, 0.5) is 5.82 Å². The molecule has 0 atom stereocenters. The minimum atomic E-state index is 0.606. The van der Waals surface area contributed by atoms with Crippen LogP contribution in [0.1, 0.15) is 43.0 Å². The van der Waals surface area contributed by atoms with Gasteiger partial charge in [0.05, 0.1) is 0 Å². The van der Waals surface area contributed by atoms with Gasteiger partial charge in [0.15, 0.2) is 5.82 Å². The third-order valence-corrected chi connectivity index (χ3v) is 3.70. The molecule has 0 saturated heterocycles. The number of unbranched alkanes of at least 4 members (excludes halogenated alkanes) is 2. The molecule has 1 heterocycles. The van der Waals surface area contributed by atoms with E-state index in [4.69, 9.17) is 5.73 Å². The van der Waals surface area contributed by atoms with Crippen LogP contribution in [-0.4, -0.2) is 10.2 Å². The summed E-state index contributed by atoms with van der Waals surface area (Å²) in [7, 11) is 0. The summed E-state index contributed by atoms with van der Waals surface area (Å²) < 4.78 is 0. The molecule has 0 aliphatic carbocycles. The lowest BCUT2D eigenvalue weighted by atomic mass is 9.98.